The van der Waals surface area contributed by atoms with Crippen molar-refractivity contribution >= 4 is 35.2 Å². The van der Waals surface area contributed by atoms with Gasteiger partial charge in [-0.3, -0.25) is 9.69 Å². The van der Waals surface area contributed by atoms with Crippen molar-refractivity contribution in [3.05, 3.63) is 59.1 Å². The lowest BCUT2D eigenvalue weighted by atomic mass is 10.0. The molecule has 1 amide bonds. The maximum atomic E-state index is 13.1. The lowest BCUT2D eigenvalue weighted by Gasteiger charge is -2.31. The number of carbonyl (C=O) groups is 2. The molecule has 126 valence electrons. The molecular weight excluding hydrogens is 353 g/mol. The van der Waals surface area contributed by atoms with E-state index in [-0.39, 0.29) is 17.1 Å². The quantitative estimate of drug-likeness (QED) is 0.607. The van der Waals surface area contributed by atoms with Crippen molar-refractivity contribution in [2.45, 2.75) is 17.2 Å². The minimum Gasteiger partial charge on any atom is -0.466 e. The molecule has 0 spiro atoms. The van der Waals surface area contributed by atoms with E-state index in [0.29, 0.717) is 23.4 Å². The average Bonchev–Trinajstić information content (AvgIpc) is 2.96. The van der Waals surface area contributed by atoms with Gasteiger partial charge in [-0.05, 0) is 29.8 Å². The average molecular weight is 368 g/mol. The number of hydrogen-bond donors (Lipinski definition) is 0. The first-order chi connectivity index (χ1) is 11.5. The Morgan fingerprint density at radius 2 is 2.04 bits per heavy atom. The highest BCUT2D eigenvalue weighted by Crippen LogP contribution is 2.43. The van der Waals surface area contributed by atoms with E-state index in [1.807, 2.05) is 0 Å². The van der Waals surface area contributed by atoms with Gasteiger partial charge < -0.3 is 4.74 Å². The molecule has 2 unspecified atom stereocenters. The highest BCUT2D eigenvalue weighted by atomic mass is 35.5. The topological polar surface area (TPSA) is 46.6 Å². The molecule has 1 aromatic carbocycles. The molecule has 1 aliphatic heterocycles. The van der Waals surface area contributed by atoms with Gasteiger partial charge in [0.2, 0.25) is 5.91 Å². The SMILES string of the molecule is COC(=O)C1=CC=C(N2C(=O)CSC2c2ccc(F)cc2)C(Cl)C1. The molecule has 0 N–H and O–H groups in total. The van der Waals surface area contributed by atoms with Crippen LogP contribution in [0.4, 0.5) is 4.39 Å². The van der Waals surface area contributed by atoms with Gasteiger partial charge >= 0.3 is 5.97 Å². The Hall–Kier alpha value is -1.79. The van der Waals surface area contributed by atoms with E-state index < -0.39 is 11.3 Å². The van der Waals surface area contributed by atoms with Gasteiger partial charge in [0.15, 0.2) is 0 Å². The van der Waals surface area contributed by atoms with E-state index in [0.717, 1.165) is 5.56 Å². The van der Waals surface area contributed by atoms with Crippen molar-refractivity contribution in [3.63, 3.8) is 0 Å². The van der Waals surface area contributed by atoms with Crippen LogP contribution in [0, 0.1) is 5.82 Å². The fraction of sp³-hybridized carbons (Fsp3) is 0.294. The number of esters is 1. The molecule has 24 heavy (non-hydrogen) atoms. The molecule has 0 saturated carbocycles. The molecule has 2 aliphatic rings. The van der Waals surface area contributed by atoms with Crippen LogP contribution in [0.1, 0.15) is 17.4 Å². The minimum absolute atomic E-state index is 0.0545. The zero-order valence-electron chi connectivity index (χ0n) is 12.9. The first kappa shape index (κ1) is 17.0. The van der Waals surface area contributed by atoms with Crippen molar-refractivity contribution in [1.29, 1.82) is 0 Å². The summed E-state index contributed by atoms with van der Waals surface area (Å²) in [5, 5.41) is -0.756. The van der Waals surface area contributed by atoms with E-state index >= 15 is 0 Å². The van der Waals surface area contributed by atoms with E-state index in [4.69, 9.17) is 16.3 Å². The molecule has 0 aromatic heterocycles. The zero-order chi connectivity index (χ0) is 17.3. The fourth-order valence-corrected chi connectivity index (χ4v) is 4.27. The second-order valence-corrected chi connectivity index (χ2v) is 7.02. The summed E-state index contributed by atoms with van der Waals surface area (Å²) in [7, 11) is 1.32. The van der Waals surface area contributed by atoms with E-state index in [1.165, 1.54) is 31.0 Å². The monoisotopic (exact) mass is 367 g/mol. The normalized spacial score (nSPS) is 23.8. The highest BCUT2D eigenvalue weighted by molar-refractivity contribution is 8.00. The summed E-state index contributed by atoms with van der Waals surface area (Å²) in [6.45, 7) is 0. The molecule has 1 aliphatic carbocycles. The van der Waals surface area contributed by atoms with Gasteiger partial charge in [0.25, 0.3) is 0 Å². The van der Waals surface area contributed by atoms with Gasteiger partial charge in [0, 0.05) is 17.7 Å². The first-order valence-corrected chi connectivity index (χ1v) is 8.82. The van der Waals surface area contributed by atoms with Crippen LogP contribution in [0.25, 0.3) is 0 Å². The molecule has 3 rings (SSSR count). The number of amides is 1. The first-order valence-electron chi connectivity index (χ1n) is 7.33. The van der Waals surface area contributed by atoms with Crippen molar-refractivity contribution in [2.75, 3.05) is 12.9 Å². The standard InChI is InChI=1S/C17H15ClFNO3S/c1-23-17(22)11-4-7-14(13(18)8-11)20-15(21)9-24-16(20)10-2-5-12(19)6-3-10/h2-7,13,16H,8-9H2,1H3. The van der Waals surface area contributed by atoms with Gasteiger partial charge in [0.05, 0.1) is 18.2 Å². The molecule has 1 aromatic rings. The largest absolute Gasteiger partial charge is 0.466 e. The predicted molar refractivity (Wildman–Crippen MR) is 90.9 cm³/mol. The summed E-state index contributed by atoms with van der Waals surface area (Å²) in [5.74, 6) is -0.469. The number of methoxy groups -OCH3 is 1. The summed E-state index contributed by atoms with van der Waals surface area (Å²) in [5.41, 5.74) is 1.95. The molecule has 2 atom stereocenters. The van der Waals surface area contributed by atoms with Gasteiger partial charge in [-0.1, -0.05) is 12.1 Å². The Morgan fingerprint density at radius 3 is 2.67 bits per heavy atom. The number of nitrogens with zero attached hydrogens (tertiary/aromatic N) is 1. The lowest BCUT2D eigenvalue weighted by Crippen LogP contribution is -2.33. The van der Waals surface area contributed by atoms with E-state index in [2.05, 4.69) is 0 Å². The number of alkyl halides is 1. The van der Waals surface area contributed by atoms with Crippen LogP contribution in [0.15, 0.2) is 47.7 Å². The maximum Gasteiger partial charge on any atom is 0.333 e. The second-order valence-electron chi connectivity index (χ2n) is 5.43. The van der Waals surface area contributed by atoms with Crippen LogP contribution in [0.5, 0.6) is 0 Å². The molecule has 4 nitrogen and oxygen atoms in total. The Labute approximate surface area is 148 Å². The Morgan fingerprint density at radius 1 is 1.33 bits per heavy atom. The van der Waals surface area contributed by atoms with Crippen LogP contribution in [-0.2, 0) is 14.3 Å². The van der Waals surface area contributed by atoms with Crippen molar-refractivity contribution in [2.24, 2.45) is 0 Å². The van der Waals surface area contributed by atoms with Gasteiger partial charge in [0.1, 0.15) is 11.2 Å². The molecule has 0 bridgehead atoms. The van der Waals surface area contributed by atoms with Crippen LogP contribution >= 0.6 is 23.4 Å². The summed E-state index contributed by atoms with van der Waals surface area (Å²) in [6.07, 6.45) is 3.62. The number of ether oxygens (including phenoxy) is 1. The smallest absolute Gasteiger partial charge is 0.333 e. The molecule has 1 heterocycles. The summed E-state index contributed by atoms with van der Waals surface area (Å²) in [4.78, 5) is 25.6. The van der Waals surface area contributed by atoms with Gasteiger partial charge in [-0.15, -0.1) is 23.4 Å². The van der Waals surface area contributed by atoms with Crippen molar-refractivity contribution < 1.29 is 18.7 Å². The zero-order valence-corrected chi connectivity index (χ0v) is 14.4. The fourth-order valence-electron chi connectivity index (χ4n) is 2.75. The number of halogens is 2. The van der Waals surface area contributed by atoms with E-state index in [9.17, 15) is 14.0 Å². The summed E-state index contributed by atoms with van der Waals surface area (Å²) >= 11 is 7.89. The molecule has 1 fully saturated rings. The maximum absolute atomic E-state index is 13.1. The number of thioether (sulfide) groups is 1. The van der Waals surface area contributed by atoms with Gasteiger partial charge in [-0.2, -0.15) is 0 Å². The van der Waals surface area contributed by atoms with Crippen molar-refractivity contribution in [1.82, 2.24) is 4.90 Å². The Kier molecular flexibility index (Phi) is 4.96. The van der Waals surface area contributed by atoms with Gasteiger partial charge in [-0.25, -0.2) is 9.18 Å². The minimum atomic E-state index is -0.505. The lowest BCUT2D eigenvalue weighted by molar-refractivity contribution is -0.136. The molecule has 1 saturated heterocycles. The number of allylic oxidation sites excluding steroid dienone is 3. The summed E-state index contributed by atoms with van der Waals surface area (Å²) in [6, 6.07) is 6.08. The third-order valence-electron chi connectivity index (χ3n) is 3.92. The third kappa shape index (κ3) is 3.21. The van der Waals surface area contributed by atoms with Crippen LogP contribution in [-0.4, -0.2) is 35.0 Å². The number of benzene rings is 1. The third-order valence-corrected chi connectivity index (χ3v) is 5.51. The van der Waals surface area contributed by atoms with Crippen LogP contribution in [0.2, 0.25) is 0 Å². The number of rotatable bonds is 3. The molecule has 0 radical (unpaired) electrons. The van der Waals surface area contributed by atoms with Crippen LogP contribution < -0.4 is 0 Å². The second kappa shape index (κ2) is 6.99. The number of hydrogen-bond acceptors (Lipinski definition) is 4. The van der Waals surface area contributed by atoms with E-state index in [1.54, 1.807) is 29.2 Å². The molecular formula is C17H15ClFNO3S. The Balaban J connectivity index is 1.92. The van der Waals surface area contributed by atoms with Crippen LogP contribution in [0.3, 0.4) is 0 Å². The Bertz CT molecular complexity index is 732. The summed E-state index contributed by atoms with van der Waals surface area (Å²) < 4.78 is 17.9. The number of carbonyl (C=O) groups excluding carboxylic acids is 2. The van der Waals surface area contributed by atoms with Crippen molar-refractivity contribution in [3.8, 4) is 0 Å². The predicted octanol–water partition coefficient (Wildman–Crippen LogP) is 3.39. The highest BCUT2D eigenvalue weighted by Gasteiger charge is 2.38. The molecule has 7 heteroatoms.